The number of alkyl halides is 3. The van der Waals surface area contributed by atoms with E-state index >= 15 is 0 Å². The van der Waals surface area contributed by atoms with E-state index in [0.717, 1.165) is 12.5 Å². The van der Waals surface area contributed by atoms with Crippen LogP contribution in [0.5, 0.6) is 0 Å². The Morgan fingerprint density at radius 1 is 1.27 bits per heavy atom. The second kappa shape index (κ2) is 11.3. The van der Waals surface area contributed by atoms with Crippen LogP contribution in [0.25, 0.3) is 0 Å². The molecule has 2 atom stereocenters. The molecule has 9 heteroatoms. The minimum atomic E-state index is -4.68. The Morgan fingerprint density at radius 2 is 1.87 bits per heavy atom. The fraction of sp³-hybridized carbons (Fsp3) is 0.667. The van der Waals surface area contributed by atoms with Gasteiger partial charge in [0.15, 0.2) is 0 Å². The summed E-state index contributed by atoms with van der Waals surface area (Å²) in [7, 11) is 0. The van der Waals surface area contributed by atoms with Crippen LogP contribution in [-0.4, -0.2) is 28.3 Å². The van der Waals surface area contributed by atoms with Crippen molar-refractivity contribution in [2.45, 2.75) is 78.6 Å². The second-order valence-electron chi connectivity index (χ2n) is 7.37. The Bertz CT molecular complexity index is 738. The maximum atomic E-state index is 13.0. The molecule has 0 spiro atoms. The lowest BCUT2D eigenvalue weighted by molar-refractivity contribution is -0.385. The van der Waals surface area contributed by atoms with Crippen LogP contribution >= 0.6 is 0 Å². The molecule has 2 unspecified atom stereocenters. The minimum absolute atomic E-state index is 0.0241. The van der Waals surface area contributed by atoms with Crippen molar-refractivity contribution in [2.24, 2.45) is 11.7 Å². The van der Waals surface area contributed by atoms with E-state index < -0.39 is 22.4 Å². The fourth-order valence-corrected chi connectivity index (χ4v) is 3.69. The summed E-state index contributed by atoms with van der Waals surface area (Å²) in [5, 5.41) is 11.2. The van der Waals surface area contributed by atoms with Crippen LogP contribution < -0.4 is 5.73 Å². The lowest BCUT2D eigenvalue weighted by Crippen LogP contribution is -2.39. The van der Waals surface area contributed by atoms with Crippen LogP contribution in [0, 0.1) is 16.0 Å². The number of amides is 1. The van der Waals surface area contributed by atoms with E-state index in [-0.39, 0.29) is 48.5 Å². The standard InChI is InChI=1S/C16H18F3N3O3.C3H8.C2H6/c17-16(18,19)11-5-10-8-21(15(23)9-1-2-12(20)6-9)4-3-13(10)14(7-11)22(24)25;1-3-2;1-2/h5,7,9,12H,1-4,6,8,20H2;3H2,1-2H3;1-2H3. The topological polar surface area (TPSA) is 89.5 Å². The smallest absolute Gasteiger partial charge is 0.338 e. The van der Waals surface area contributed by atoms with Gasteiger partial charge in [0.2, 0.25) is 5.91 Å². The summed E-state index contributed by atoms with van der Waals surface area (Å²) >= 11 is 0. The quantitative estimate of drug-likeness (QED) is 0.523. The van der Waals surface area contributed by atoms with Crippen molar-refractivity contribution in [1.29, 1.82) is 0 Å². The molecule has 170 valence electrons. The molecule has 0 saturated heterocycles. The van der Waals surface area contributed by atoms with Gasteiger partial charge in [0.05, 0.1) is 10.5 Å². The van der Waals surface area contributed by atoms with E-state index in [1.54, 1.807) is 0 Å². The fourth-order valence-electron chi connectivity index (χ4n) is 3.69. The van der Waals surface area contributed by atoms with Crippen molar-refractivity contribution in [1.82, 2.24) is 4.90 Å². The Hall–Kier alpha value is -2.16. The predicted octanol–water partition coefficient (Wildman–Crippen LogP) is 5.07. The van der Waals surface area contributed by atoms with E-state index in [9.17, 15) is 28.1 Å². The number of nitrogens with zero attached hydrogens (tertiary/aromatic N) is 2. The summed E-state index contributed by atoms with van der Waals surface area (Å²) in [6.07, 6.45) is -1.25. The van der Waals surface area contributed by atoms with Gasteiger partial charge in [-0.05, 0) is 37.3 Å². The monoisotopic (exact) mass is 431 g/mol. The number of fused-ring (bicyclic) bond motifs is 1. The molecule has 30 heavy (non-hydrogen) atoms. The third kappa shape index (κ3) is 6.42. The lowest BCUT2D eigenvalue weighted by Gasteiger charge is -2.31. The number of benzene rings is 1. The molecule has 1 amide bonds. The molecule has 1 aliphatic heterocycles. The van der Waals surface area contributed by atoms with Gasteiger partial charge in [0, 0.05) is 36.7 Å². The van der Waals surface area contributed by atoms with Crippen molar-refractivity contribution >= 4 is 11.6 Å². The summed E-state index contributed by atoms with van der Waals surface area (Å²) in [5.41, 5.74) is 4.71. The summed E-state index contributed by atoms with van der Waals surface area (Å²) in [6, 6.07) is 1.47. The number of rotatable bonds is 2. The molecule has 1 saturated carbocycles. The Kier molecular flexibility index (Phi) is 9.74. The number of nitro benzene ring substituents is 1. The highest BCUT2D eigenvalue weighted by Gasteiger charge is 2.37. The molecule has 2 aliphatic rings. The van der Waals surface area contributed by atoms with Crippen molar-refractivity contribution in [3.8, 4) is 0 Å². The van der Waals surface area contributed by atoms with Crippen LogP contribution in [0.15, 0.2) is 12.1 Å². The molecular weight excluding hydrogens is 399 g/mol. The van der Waals surface area contributed by atoms with Gasteiger partial charge >= 0.3 is 6.18 Å². The van der Waals surface area contributed by atoms with Gasteiger partial charge in [-0.25, -0.2) is 0 Å². The number of carbonyl (C=O) groups excluding carboxylic acids is 1. The molecule has 0 radical (unpaired) electrons. The van der Waals surface area contributed by atoms with E-state index in [4.69, 9.17) is 5.73 Å². The SMILES string of the molecule is CC.CCC.NC1CCC(C(=O)N2CCc3c(cc(C(F)(F)F)cc3[N+](=O)[O-])C2)C1. The second-order valence-corrected chi connectivity index (χ2v) is 7.37. The minimum Gasteiger partial charge on any atom is -0.338 e. The molecule has 3 rings (SSSR count). The molecular formula is C21H32F3N3O3. The molecule has 1 heterocycles. The van der Waals surface area contributed by atoms with E-state index in [1.807, 2.05) is 13.8 Å². The molecule has 1 fully saturated rings. The van der Waals surface area contributed by atoms with Crippen LogP contribution in [0.2, 0.25) is 0 Å². The van der Waals surface area contributed by atoms with Gasteiger partial charge in [-0.2, -0.15) is 13.2 Å². The highest BCUT2D eigenvalue weighted by Crippen LogP contribution is 2.37. The van der Waals surface area contributed by atoms with Crippen LogP contribution in [-0.2, 0) is 23.9 Å². The van der Waals surface area contributed by atoms with Gasteiger partial charge in [-0.15, -0.1) is 0 Å². The van der Waals surface area contributed by atoms with Gasteiger partial charge in [-0.1, -0.05) is 34.1 Å². The number of hydrogen-bond acceptors (Lipinski definition) is 4. The molecule has 0 bridgehead atoms. The number of nitro groups is 1. The average Bonchev–Trinajstić information content (AvgIpc) is 3.13. The first-order valence-corrected chi connectivity index (χ1v) is 10.5. The molecule has 0 aromatic heterocycles. The van der Waals surface area contributed by atoms with Crippen LogP contribution in [0.1, 0.15) is 70.1 Å². The van der Waals surface area contributed by atoms with Crippen molar-refractivity contribution in [3.63, 3.8) is 0 Å². The molecule has 2 N–H and O–H groups in total. The largest absolute Gasteiger partial charge is 0.416 e. The van der Waals surface area contributed by atoms with E-state index in [0.29, 0.717) is 18.9 Å². The predicted molar refractivity (Wildman–Crippen MR) is 110 cm³/mol. The first-order valence-electron chi connectivity index (χ1n) is 10.5. The summed E-state index contributed by atoms with van der Waals surface area (Å²) < 4.78 is 39.1. The third-order valence-corrected chi connectivity index (χ3v) is 4.97. The Balaban J connectivity index is 0.000000826. The van der Waals surface area contributed by atoms with E-state index in [2.05, 4.69) is 13.8 Å². The summed E-state index contributed by atoms with van der Waals surface area (Å²) in [5.74, 6) is -0.337. The zero-order valence-electron chi connectivity index (χ0n) is 18.1. The Morgan fingerprint density at radius 3 is 2.33 bits per heavy atom. The van der Waals surface area contributed by atoms with Crippen LogP contribution in [0.4, 0.5) is 18.9 Å². The summed E-state index contributed by atoms with van der Waals surface area (Å²) in [6.45, 7) is 8.48. The maximum Gasteiger partial charge on any atom is 0.416 e. The van der Waals surface area contributed by atoms with Gasteiger partial charge in [0.25, 0.3) is 5.69 Å². The lowest BCUT2D eigenvalue weighted by atomic mass is 9.94. The van der Waals surface area contributed by atoms with Gasteiger partial charge < -0.3 is 10.6 Å². The van der Waals surface area contributed by atoms with Crippen molar-refractivity contribution in [2.75, 3.05) is 6.54 Å². The molecule has 6 nitrogen and oxygen atoms in total. The van der Waals surface area contributed by atoms with Gasteiger partial charge in [0.1, 0.15) is 0 Å². The normalized spacial score (nSPS) is 20.3. The molecule has 1 aromatic rings. The van der Waals surface area contributed by atoms with Crippen molar-refractivity contribution in [3.05, 3.63) is 38.9 Å². The zero-order valence-corrected chi connectivity index (χ0v) is 18.1. The zero-order chi connectivity index (χ0) is 23.1. The first kappa shape index (κ1) is 25.9. The Labute approximate surface area is 175 Å². The number of nitrogens with two attached hydrogens (primary N) is 1. The number of hydrogen-bond donors (Lipinski definition) is 1. The maximum absolute atomic E-state index is 13.0. The average molecular weight is 431 g/mol. The van der Waals surface area contributed by atoms with Gasteiger partial charge in [-0.3, -0.25) is 14.9 Å². The number of halogens is 3. The van der Waals surface area contributed by atoms with Crippen molar-refractivity contribution < 1.29 is 22.9 Å². The highest BCUT2D eigenvalue weighted by atomic mass is 19.4. The molecule has 1 aliphatic carbocycles. The molecule has 1 aromatic carbocycles. The summed E-state index contributed by atoms with van der Waals surface area (Å²) in [4.78, 5) is 24.4. The number of carbonyl (C=O) groups is 1. The first-order chi connectivity index (χ1) is 14.1. The van der Waals surface area contributed by atoms with Crippen LogP contribution in [0.3, 0.4) is 0 Å². The van der Waals surface area contributed by atoms with E-state index in [1.165, 1.54) is 11.3 Å². The highest BCUT2D eigenvalue weighted by molar-refractivity contribution is 5.79. The third-order valence-electron chi connectivity index (χ3n) is 4.97.